The summed E-state index contributed by atoms with van der Waals surface area (Å²) < 4.78 is 7.04. The van der Waals surface area contributed by atoms with Gasteiger partial charge in [0.2, 0.25) is 0 Å². The fourth-order valence-electron chi connectivity index (χ4n) is 2.44. The number of hydrogen-bond donors (Lipinski definition) is 2. The number of fused-ring (bicyclic) bond motifs is 1. The second-order valence-corrected chi connectivity index (χ2v) is 5.21. The lowest BCUT2D eigenvalue weighted by molar-refractivity contribution is 0.415. The van der Waals surface area contributed by atoms with Gasteiger partial charge in [0.25, 0.3) is 0 Å². The van der Waals surface area contributed by atoms with Crippen LogP contribution in [0.3, 0.4) is 0 Å². The molecule has 0 bridgehead atoms. The highest BCUT2D eigenvalue weighted by Crippen LogP contribution is 2.32. The Balaban J connectivity index is 2.25. The van der Waals surface area contributed by atoms with E-state index in [0.717, 1.165) is 27.8 Å². The minimum absolute atomic E-state index is 0.282. The molecule has 0 aliphatic rings. The zero-order valence-corrected chi connectivity index (χ0v) is 13.5. The fourth-order valence-corrected chi connectivity index (χ4v) is 2.44. The van der Waals surface area contributed by atoms with Gasteiger partial charge >= 0.3 is 0 Å². The highest BCUT2D eigenvalue weighted by atomic mass is 16.5. The predicted octanol–water partition coefficient (Wildman–Crippen LogP) is 2.10. The lowest BCUT2D eigenvalue weighted by atomic mass is 10.1. The van der Waals surface area contributed by atoms with E-state index >= 15 is 0 Å². The summed E-state index contributed by atoms with van der Waals surface area (Å²) in [7, 11) is 3.49. The maximum atomic E-state index is 5.81. The molecule has 7 nitrogen and oxygen atoms in total. The molecule has 24 heavy (non-hydrogen) atoms. The molecular formula is C17H18N6O. The standard InChI is InChI=1S/C17H18N6O/c1-23-10-12(9-20-23)17-14-4-3-13(24-2)7-11(14)8-16(22-17)21-15(19)5-6-18/h3-10H,18H2,1-2H3,(H2,19,21,22)/b6-5-. The van der Waals surface area contributed by atoms with Crippen molar-refractivity contribution in [2.24, 2.45) is 23.5 Å². The molecule has 0 aliphatic heterocycles. The number of aliphatic imine (C=N–C) groups is 1. The third-order valence-electron chi connectivity index (χ3n) is 3.51. The van der Waals surface area contributed by atoms with Crippen LogP contribution in [0.2, 0.25) is 0 Å². The van der Waals surface area contributed by atoms with Gasteiger partial charge < -0.3 is 16.2 Å². The normalized spacial score (nSPS) is 12.2. The Morgan fingerprint density at radius 3 is 2.83 bits per heavy atom. The summed E-state index contributed by atoms with van der Waals surface area (Å²) in [6.07, 6.45) is 6.53. The number of pyridine rings is 1. The van der Waals surface area contributed by atoms with E-state index in [9.17, 15) is 0 Å². The van der Waals surface area contributed by atoms with Gasteiger partial charge in [-0.1, -0.05) is 0 Å². The first-order valence-electron chi connectivity index (χ1n) is 7.31. The van der Waals surface area contributed by atoms with Crippen molar-refractivity contribution in [2.75, 3.05) is 7.11 Å². The first-order valence-corrected chi connectivity index (χ1v) is 7.31. The van der Waals surface area contributed by atoms with Gasteiger partial charge in [-0.2, -0.15) is 5.10 Å². The summed E-state index contributed by atoms with van der Waals surface area (Å²) in [5, 5.41) is 6.15. The third kappa shape index (κ3) is 3.05. The Hall–Kier alpha value is -3.35. The predicted molar refractivity (Wildman–Crippen MR) is 95.1 cm³/mol. The van der Waals surface area contributed by atoms with E-state index in [1.807, 2.05) is 37.5 Å². The van der Waals surface area contributed by atoms with E-state index in [1.54, 1.807) is 18.0 Å². The maximum absolute atomic E-state index is 5.81. The molecule has 3 aromatic rings. The summed E-state index contributed by atoms with van der Waals surface area (Å²) in [6, 6.07) is 7.66. The third-order valence-corrected chi connectivity index (χ3v) is 3.51. The molecule has 0 saturated heterocycles. The van der Waals surface area contributed by atoms with Gasteiger partial charge in [-0.25, -0.2) is 9.98 Å². The first kappa shape index (κ1) is 15.5. The van der Waals surface area contributed by atoms with Crippen molar-refractivity contribution in [3.63, 3.8) is 0 Å². The van der Waals surface area contributed by atoms with Crippen molar-refractivity contribution >= 4 is 22.4 Å². The number of aromatic nitrogens is 3. The lowest BCUT2D eigenvalue weighted by Gasteiger charge is -2.08. The molecule has 2 heterocycles. The van der Waals surface area contributed by atoms with Crippen molar-refractivity contribution in [2.45, 2.75) is 0 Å². The van der Waals surface area contributed by atoms with Crippen molar-refractivity contribution in [1.82, 2.24) is 14.8 Å². The monoisotopic (exact) mass is 322 g/mol. The van der Waals surface area contributed by atoms with Crippen LogP contribution in [0.1, 0.15) is 0 Å². The van der Waals surface area contributed by atoms with E-state index in [4.69, 9.17) is 16.2 Å². The van der Waals surface area contributed by atoms with Crippen molar-refractivity contribution < 1.29 is 4.74 Å². The summed E-state index contributed by atoms with van der Waals surface area (Å²) >= 11 is 0. The van der Waals surface area contributed by atoms with Crippen LogP contribution in [0.15, 0.2) is 53.9 Å². The highest BCUT2D eigenvalue weighted by Gasteiger charge is 2.11. The number of rotatable bonds is 4. The zero-order valence-electron chi connectivity index (χ0n) is 13.5. The molecule has 2 aromatic heterocycles. The largest absolute Gasteiger partial charge is 0.497 e. The Kier molecular flexibility index (Phi) is 4.15. The lowest BCUT2D eigenvalue weighted by Crippen LogP contribution is -2.07. The fraction of sp³-hybridized carbons (Fsp3) is 0.118. The SMILES string of the molecule is COc1ccc2c(-c3cnn(C)c3)nc(N=C(N)/C=C\N)cc2c1. The molecule has 7 heteroatoms. The van der Waals surface area contributed by atoms with Gasteiger partial charge in [0.15, 0.2) is 5.82 Å². The van der Waals surface area contributed by atoms with Gasteiger partial charge in [0, 0.05) is 24.2 Å². The van der Waals surface area contributed by atoms with Crippen LogP contribution < -0.4 is 16.2 Å². The second-order valence-electron chi connectivity index (χ2n) is 5.21. The quantitative estimate of drug-likeness (QED) is 0.565. The van der Waals surface area contributed by atoms with Crippen LogP contribution >= 0.6 is 0 Å². The molecule has 0 saturated carbocycles. The van der Waals surface area contributed by atoms with Crippen LogP contribution in [-0.2, 0) is 7.05 Å². The molecular weight excluding hydrogens is 304 g/mol. The zero-order chi connectivity index (χ0) is 17.1. The number of benzene rings is 1. The number of nitrogens with zero attached hydrogens (tertiary/aromatic N) is 4. The second kappa shape index (κ2) is 6.41. The molecule has 0 radical (unpaired) electrons. The van der Waals surface area contributed by atoms with Crippen molar-refractivity contribution in [3.05, 3.63) is 48.9 Å². The smallest absolute Gasteiger partial charge is 0.155 e. The molecule has 3 rings (SSSR count). The van der Waals surface area contributed by atoms with Crippen LogP contribution in [0.5, 0.6) is 5.75 Å². The number of amidine groups is 1. The van der Waals surface area contributed by atoms with E-state index in [2.05, 4.69) is 15.1 Å². The number of aryl methyl sites for hydroxylation is 1. The topological polar surface area (TPSA) is 104 Å². The Morgan fingerprint density at radius 2 is 2.17 bits per heavy atom. The van der Waals surface area contributed by atoms with Gasteiger partial charge in [0.1, 0.15) is 11.6 Å². The molecule has 1 aromatic carbocycles. The van der Waals surface area contributed by atoms with Crippen molar-refractivity contribution in [1.29, 1.82) is 0 Å². The van der Waals surface area contributed by atoms with E-state index < -0.39 is 0 Å². The molecule has 0 aliphatic carbocycles. The minimum atomic E-state index is 0.282. The van der Waals surface area contributed by atoms with E-state index in [0.29, 0.717) is 5.82 Å². The highest BCUT2D eigenvalue weighted by molar-refractivity contribution is 5.98. The number of methoxy groups -OCH3 is 1. The average Bonchev–Trinajstić information content (AvgIpc) is 3.00. The molecule has 0 amide bonds. The Morgan fingerprint density at radius 1 is 1.33 bits per heavy atom. The number of nitrogens with two attached hydrogens (primary N) is 2. The summed E-state index contributed by atoms with van der Waals surface area (Å²) in [5.74, 6) is 1.53. The summed E-state index contributed by atoms with van der Waals surface area (Å²) in [4.78, 5) is 8.92. The molecule has 4 N–H and O–H groups in total. The minimum Gasteiger partial charge on any atom is -0.497 e. The molecule has 0 atom stereocenters. The average molecular weight is 322 g/mol. The van der Waals surface area contributed by atoms with Crippen LogP contribution in [0.4, 0.5) is 5.82 Å². The number of ether oxygens (including phenoxy) is 1. The van der Waals surface area contributed by atoms with Gasteiger partial charge in [-0.05, 0) is 41.9 Å². The van der Waals surface area contributed by atoms with Crippen LogP contribution in [-0.4, -0.2) is 27.7 Å². The molecule has 0 fully saturated rings. The summed E-state index contributed by atoms with van der Waals surface area (Å²) in [5.41, 5.74) is 12.8. The maximum Gasteiger partial charge on any atom is 0.155 e. The first-order chi connectivity index (χ1) is 11.6. The van der Waals surface area contributed by atoms with E-state index in [1.165, 1.54) is 12.3 Å². The van der Waals surface area contributed by atoms with Gasteiger partial charge in [-0.15, -0.1) is 0 Å². The molecule has 0 unspecified atom stereocenters. The van der Waals surface area contributed by atoms with Gasteiger partial charge in [0.05, 0.1) is 19.0 Å². The van der Waals surface area contributed by atoms with Gasteiger partial charge in [-0.3, -0.25) is 4.68 Å². The molecule has 122 valence electrons. The van der Waals surface area contributed by atoms with Crippen molar-refractivity contribution in [3.8, 4) is 17.0 Å². The summed E-state index contributed by atoms with van der Waals surface area (Å²) in [6.45, 7) is 0. The van der Waals surface area contributed by atoms with E-state index in [-0.39, 0.29) is 5.84 Å². The van der Waals surface area contributed by atoms with Crippen LogP contribution in [0, 0.1) is 0 Å². The Bertz CT molecular complexity index is 941. The Labute approximate surface area is 139 Å². The van der Waals surface area contributed by atoms with Crippen LogP contribution in [0.25, 0.3) is 22.0 Å². The number of hydrogen-bond acceptors (Lipinski definition) is 5. The molecule has 0 spiro atoms.